The molecule has 0 aromatic carbocycles. The summed E-state index contributed by atoms with van der Waals surface area (Å²) in [4.78, 5) is 37.0. The topological polar surface area (TPSA) is 294 Å². The molecule has 5 saturated heterocycles. The minimum Gasteiger partial charge on any atom is -0.392 e. The van der Waals surface area contributed by atoms with Crippen LogP contribution in [0.4, 0.5) is 11.6 Å². The van der Waals surface area contributed by atoms with Gasteiger partial charge in [-0.25, -0.2) is 29.9 Å². The van der Waals surface area contributed by atoms with Crippen molar-refractivity contribution in [3.05, 3.63) is 112 Å². The van der Waals surface area contributed by atoms with Crippen molar-refractivity contribution in [1.29, 1.82) is 0 Å². The largest absolute Gasteiger partial charge is 0.392 e. The Morgan fingerprint density at radius 1 is 0.453 bits per heavy atom. The quantitative estimate of drug-likeness (QED) is 0.0625. The number of carbonyl (C=O) groups is 1. The van der Waals surface area contributed by atoms with Gasteiger partial charge in [0.25, 0.3) is 0 Å². The first kappa shape index (κ1) is 70.7. The number of nitrogens with two attached hydrogens (primary N) is 2. The molecule has 0 bridgehead atoms. The van der Waals surface area contributed by atoms with Crippen LogP contribution in [0.1, 0.15) is 141 Å². The van der Waals surface area contributed by atoms with Gasteiger partial charge in [0.05, 0.1) is 40.9 Å². The molecule has 6 N–H and O–H groups in total. The lowest BCUT2D eigenvalue weighted by Gasteiger charge is -2.22. The van der Waals surface area contributed by atoms with Crippen molar-refractivity contribution in [3.8, 4) is 0 Å². The highest BCUT2D eigenvalue weighted by Crippen LogP contribution is 2.49. The molecule has 5 aliphatic carbocycles. The highest BCUT2D eigenvalue weighted by atomic mass is 127. The fourth-order valence-corrected chi connectivity index (χ4v) is 17.3. The third-order valence-electron chi connectivity index (χ3n) is 18.4. The van der Waals surface area contributed by atoms with Crippen molar-refractivity contribution in [2.45, 2.75) is 237 Å². The molecule has 0 saturated carbocycles. The van der Waals surface area contributed by atoms with Gasteiger partial charge in [-0.3, -0.25) is 4.79 Å². The molecule has 14 unspecified atom stereocenters. The van der Waals surface area contributed by atoms with Crippen LogP contribution < -0.4 is 11.5 Å². The van der Waals surface area contributed by atoms with E-state index >= 15 is 0 Å². The smallest absolute Gasteiger partial charge is 0.187 e. The lowest BCUT2D eigenvalue weighted by Crippen LogP contribution is -2.29. The van der Waals surface area contributed by atoms with Crippen LogP contribution in [0.3, 0.4) is 0 Å². The maximum Gasteiger partial charge on any atom is 0.187 e. The first-order valence-electron chi connectivity index (χ1n) is 32.1. The molecule has 0 radical (unpaired) electrons. The van der Waals surface area contributed by atoms with E-state index in [2.05, 4.69) is 152 Å². The van der Waals surface area contributed by atoms with Crippen LogP contribution in [-0.2, 0) is 52.2 Å². The molecule has 95 heavy (non-hydrogen) atoms. The average Bonchev–Trinajstić information content (AvgIpc) is 1.62. The molecule has 5 aliphatic heterocycles. The Morgan fingerprint density at radius 2 is 0.779 bits per heavy atom. The van der Waals surface area contributed by atoms with Gasteiger partial charge in [0, 0.05) is 29.3 Å². The Hall–Kier alpha value is -4.17. The van der Waals surface area contributed by atoms with Crippen molar-refractivity contribution >= 4 is 130 Å². The molecule has 11 heterocycles. The van der Waals surface area contributed by atoms with E-state index in [9.17, 15) is 15.0 Å². The van der Waals surface area contributed by atoms with Crippen LogP contribution in [-0.4, -0.2) is 162 Å². The van der Waals surface area contributed by atoms with Crippen LogP contribution in [0.2, 0.25) is 5.15 Å². The molecule has 16 rings (SSSR count). The summed E-state index contributed by atoms with van der Waals surface area (Å²) in [6, 6.07) is -0.00464. The minimum absolute atomic E-state index is 0.00687. The summed E-state index contributed by atoms with van der Waals surface area (Å²) in [5, 5.41) is 22.4. The zero-order chi connectivity index (χ0) is 68.3. The molecule has 28 heteroatoms. The van der Waals surface area contributed by atoms with E-state index in [1.165, 1.54) is 30.1 Å². The Labute approximate surface area is 597 Å². The molecule has 0 amide bonds. The van der Waals surface area contributed by atoms with Gasteiger partial charge in [-0.05, 0) is 197 Å². The molecule has 24 nitrogen and oxygen atoms in total. The lowest BCUT2D eigenvalue weighted by molar-refractivity contribution is -0.153. The number of rotatable bonds is 8. The number of carbonyl (C=O) groups excluding carboxylic acids is 1. The highest BCUT2D eigenvalue weighted by molar-refractivity contribution is 14.1. The molecule has 10 aliphatic rings. The lowest BCUT2D eigenvalue weighted by atomic mass is 10.1. The van der Waals surface area contributed by atoms with Gasteiger partial charge < -0.3 is 82.8 Å². The van der Waals surface area contributed by atoms with E-state index in [0.717, 1.165) is 86.2 Å². The number of hydrogen-bond donors (Lipinski definition) is 4. The fourth-order valence-electron chi connectivity index (χ4n) is 14.5. The van der Waals surface area contributed by atoms with Crippen LogP contribution in [0.15, 0.2) is 95.8 Å². The van der Waals surface area contributed by atoms with Crippen LogP contribution in [0.25, 0.3) is 33.1 Å². The highest BCUT2D eigenvalue weighted by Gasteiger charge is 2.55. The molecule has 0 spiro atoms. The number of ether oxygens (including phenoxy) is 10. The van der Waals surface area contributed by atoms with Gasteiger partial charge in [0.2, 0.25) is 0 Å². The summed E-state index contributed by atoms with van der Waals surface area (Å²) in [6.45, 7) is 27.4. The first-order chi connectivity index (χ1) is 44.8. The Kier molecular flexibility index (Phi) is 19.9. The number of aliphatic hydroxyl groups is 2. The van der Waals surface area contributed by atoms with Gasteiger partial charge in [0.15, 0.2) is 40.8 Å². The second-order valence-electron chi connectivity index (χ2n) is 27.1. The number of aliphatic hydroxyl groups excluding tert-OH is 2. The number of hydrogen-bond acceptors (Lipinski definition) is 21. The second kappa shape index (κ2) is 26.7. The Bertz CT molecular complexity index is 3800. The predicted molar refractivity (Wildman–Crippen MR) is 380 cm³/mol. The molecular weight excluding hydrogens is 1580 g/mol. The van der Waals surface area contributed by atoms with E-state index in [1.54, 1.807) is 6.08 Å². The SMILES string of the molecule is CC1(C)OC2C(CO)=CC(n3cc(I)c4c(N)ncnc43)C2O1.CCC1=CC(=O)C2OC(C)(C)OC12.CCC1=CC(O)C2OC(C)(C)OC12.CCC1=CC(n2cc(I)c3c(Cl)ncnc32)C2OC(C)(C)OC12.CCC1=CC(n2cc(I)c3c(N)ncnc32)C2OC(C)(C)OC12. The van der Waals surface area contributed by atoms with E-state index < -0.39 is 35.0 Å². The number of halogens is 4. The summed E-state index contributed by atoms with van der Waals surface area (Å²) >= 11 is 13.0. The van der Waals surface area contributed by atoms with E-state index in [-0.39, 0.29) is 91.6 Å². The standard InChI is InChI=1S/C16H17ClIN3O2.C16H19IN4O2.C15H17IN4O3.C10H16O3.C10H14O3/c1-4-8-5-10(13-12(8)22-16(2,3)23-13)21-6-9(18)11-14(17)19-7-20-15(11)21;1-4-8-5-10(13-12(8)22-16(2,3)23-13)21-6-9(17)11-14(18)19-7-20-15(11)21;1-15(2)22-11-7(5-21)3-9(12(11)23-15)20-4-8(16)10-13(17)18-6-19-14(10)20;2*1-4-6-5-7(11)9-8(6)12-10(2,3)13-9/h5-7,10,12-13H,4H2,1-3H3;5-7,10,12-13H,4H2,1-3H3,(H2,18,19,20);3-4,6,9,11-12,21H,5H2,1-2H3,(H2,17,18,19);5,7-9,11H,4H2,1-3H3;5,8-9H,4H2,1-3H3. The van der Waals surface area contributed by atoms with Gasteiger partial charge in [-0.1, -0.05) is 63.6 Å². The third kappa shape index (κ3) is 13.6. The zero-order valence-corrected chi connectivity index (χ0v) is 62.8. The van der Waals surface area contributed by atoms with Crippen molar-refractivity contribution < 1.29 is 62.4 Å². The maximum atomic E-state index is 11.4. The van der Waals surface area contributed by atoms with Crippen LogP contribution in [0, 0.1) is 10.7 Å². The fraction of sp³-hybridized carbons (Fsp3) is 0.567. The predicted octanol–water partition coefficient (Wildman–Crippen LogP) is 11.4. The van der Waals surface area contributed by atoms with Crippen LogP contribution in [0.5, 0.6) is 0 Å². The average molecular weight is 1670 g/mol. The number of aromatic nitrogens is 9. The molecule has 5 fully saturated rings. The monoisotopic (exact) mass is 1670 g/mol. The number of nitrogens with zero attached hydrogens (tertiary/aromatic N) is 9. The normalized spacial score (nSPS) is 31.8. The van der Waals surface area contributed by atoms with E-state index in [1.807, 2.05) is 99.1 Å². The van der Waals surface area contributed by atoms with Gasteiger partial charge >= 0.3 is 0 Å². The summed E-state index contributed by atoms with van der Waals surface area (Å²) in [6.07, 6.45) is 22.5. The van der Waals surface area contributed by atoms with Gasteiger partial charge in [-0.15, -0.1) is 0 Å². The van der Waals surface area contributed by atoms with Crippen molar-refractivity contribution in [2.75, 3.05) is 18.1 Å². The van der Waals surface area contributed by atoms with Gasteiger partial charge in [0.1, 0.15) is 114 Å². The third-order valence-corrected chi connectivity index (χ3v) is 21.2. The molecule has 6 aromatic rings. The van der Waals surface area contributed by atoms with E-state index in [0.29, 0.717) is 16.8 Å². The number of ketones is 1. The van der Waals surface area contributed by atoms with Crippen molar-refractivity contribution in [2.24, 2.45) is 0 Å². The van der Waals surface area contributed by atoms with Crippen molar-refractivity contribution in [1.82, 2.24) is 43.6 Å². The number of nitrogen functional groups attached to an aromatic ring is 2. The Morgan fingerprint density at radius 3 is 1.20 bits per heavy atom. The van der Waals surface area contributed by atoms with Crippen LogP contribution >= 0.6 is 79.4 Å². The first-order valence-corrected chi connectivity index (χ1v) is 35.7. The summed E-state index contributed by atoms with van der Waals surface area (Å²) in [5.41, 5.74) is 20.1. The van der Waals surface area contributed by atoms with E-state index in [4.69, 9.17) is 70.4 Å². The molecule has 14 atom stereocenters. The zero-order valence-electron chi connectivity index (χ0n) is 55.5. The summed E-state index contributed by atoms with van der Waals surface area (Å²) < 4.78 is 68.4. The second-order valence-corrected chi connectivity index (χ2v) is 31.0. The number of fused-ring (bicyclic) bond motifs is 8. The molecule has 512 valence electrons. The Balaban J connectivity index is 0.000000116. The van der Waals surface area contributed by atoms with Crippen molar-refractivity contribution in [3.63, 3.8) is 0 Å². The summed E-state index contributed by atoms with van der Waals surface area (Å²) in [5.74, 6) is -1.94. The minimum atomic E-state index is -0.674. The molecular formula is C67H83ClI3N11O13. The maximum absolute atomic E-state index is 11.4. The van der Waals surface area contributed by atoms with Gasteiger partial charge in [-0.2, -0.15) is 0 Å². The molecule has 6 aromatic heterocycles. The number of anilines is 2. The summed E-state index contributed by atoms with van der Waals surface area (Å²) in [7, 11) is 0.